The van der Waals surface area contributed by atoms with Crippen LogP contribution in [0.5, 0.6) is 5.75 Å². The maximum absolute atomic E-state index is 12.3. The van der Waals surface area contributed by atoms with Crippen LogP contribution in [0.1, 0.15) is 35.4 Å². The Hall–Kier alpha value is -2.90. The first kappa shape index (κ1) is 20.4. The number of Topliss-reactive ketones (excluding diaryl/α,β-unsaturated/α-hetero) is 1. The molecule has 7 heteroatoms. The van der Waals surface area contributed by atoms with Crippen LogP contribution in [0.2, 0.25) is 0 Å². The summed E-state index contributed by atoms with van der Waals surface area (Å²) in [4.78, 5) is 23.6. The lowest BCUT2D eigenvalue weighted by Crippen LogP contribution is -2.28. The summed E-state index contributed by atoms with van der Waals surface area (Å²) in [6.07, 6.45) is -1.78. The van der Waals surface area contributed by atoms with Gasteiger partial charge in [-0.25, -0.2) is 4.79 Å². The standard InChI is InChI=1S/C20H23NO6/c1-13(23)14-3-7-16(8-4-14)21-20(25)27-19(18(26-2)11-12-22)15-5-9-17(24)10-6-15/h3-10,18-19,22,24H,11-12H2,1-2H3,(H,21,25)/t18-,19-/m0/s1. The Morgan fingerprint density at radius 1 is 1.07 bits per heavy atom. The molecule has 2 aromatic carbocycles. The summed E-state index contributed by atoms with van der Waals surface area (Å²) in [5.41, 5.74) is 1.64. The van der Waals surface area contributed by atoms with E-state index >= 15 is 0 Å². The van der Waals surface area contributed by atoms with Crippen molar-refractivity contribution in [2.24, 2.45) is 0 Å². The normalized spacial score (nSPS) is 12.9. The molecule has 0 aliphatic heterocycles. The summed E-state index contributed by atoms with van der Waals surface area (Å²) in [6, 6.07) is 12.6. The molecule has 0 aliphatic carbocycles. The van der Waals surface area contributed by atoms with E-state index in [0.29, 0.717) is 16.8 Å². The first-order chi connectivity index (χ1) is 12.9. The number of amides is 1. The van der Waals surface area contributed by atoms with E-state index in [1.807, 2.05) is 0 Å². The molecule has 0 bridgehead atoms. The van der Waals surface area contributed by atoms with Crippen molar-refractivity contribution < 1.29 is 29.3 Å². The zero-order valence-electron chi connectivity index (χ0n) is 15.2. The highest BCUT2D eigenvalue weighted by Crippen LogP contribution is 2.27. The van der Waals surface area contributed by atoms with Gasteiger partial charge < -0.3 is 19.7 Å². The van der Waals surface area contributed by atoms with Crippen molar-refractivity contribution in [2.75, 3.05) is 19.0 Å². The third-order valence-corrected chi connectivity index (χ3v) is 4.05. The van der Waals surface area contributed by atoms with Crippen molar-refractivity contribution in [3.8, 4) is 5.75 Å². The molecule has 0 radical (unpaired) electrons. The molecule has 0 saturated carbocycles. The zero-order valence-corrected chi connectivity index (χ0v) is 15.2. The molecule has 0 aromatic heterocycles. The maximum Gasteiger partial charge on any atom is 0.412 e. The summed E-state index contributed by atoms with van der Waals surface area (Å²) >= 11 is 0. The van der Waals surface area contributed by atoms with Crippen molar-refractivity contribution in [1.29, 1.82) is 0 Å². The first-order valence-electron chi connectivity index (χ1n) is 8.45. The molecule has 2 aromatic rings. The molecule has 0 saturated heterocycles. The maximum atomic E-state index is 12.3. The topological polar surface area (TPSA) is 105 Å². The summed E-state index contributed by atoms with van der Waals surface area (Å²) in [5, 5.41) is 21.3. The van der Waals surface area contributed by atoms with Crippen LogP contribution < -0.4 is 5.32 Å². The second-order valence-electron chi connectivity index (χ2n) is 5.96. The molecule has 0 heterocycles. The van der Waals surface area contributed by atoms with E-state index in [2.05, 4.69) is 5.32 Å². The number of nitrogens with one attached hydrogen (secondary N) is 1. The Morgan fingerprint density at radius 3 is 2.22 bits per heavy atom. The summed E-state index contributed by atoms with van der Waals surface area (Å²) < 4.78 is 10.9. The SMILES string of the molecule is CO[C@@H](CCO)[C@@H](OC(=O)Nc1ccc(C(C)=O)cc1)c1ccc(O)cc1. The number of aliphatic hydroxyl groups is 1. The minimum Gasteiger partial charge on any atom is -0.508 e. The summed E-state index contributed by atoms with van der Waals surface area (Å²) in [5.74, 6) is 0.0205. The van der Waals surface area contributed by atoms with Crippen LogP contribution in [-0.2, 0) is 9.47 Å². The Kier molecular flexibility index (Phi) is 7.34. The van der Waals surface area contributed by atoms with Gasteiger partial charge in [-0.3, -0.25) is 10.1 Å². The highest BCUT2D eigenvalue weighted by atomic mass is 16.6. The highest BCUT2D eigenvalue weighted by Gasteiger charge is 2.27. The second kappa shape index (κ2) is 9.70. The van der Waals surface area contributed by atoms with Crippen LogP contribution in [0.3, 0.4) is 0 Å². The fourth-order valence-electron chi connectivity index (χ4n) is 2.59. The van der Waals surface area contributed by atoms with Crippen molar-refractivity contribution in [3.63, 3.8) is 0 Å². The highest BCUT2D eigenvalue weighted by molar-refractivity contribution is 5.94. The number of phenolic OH excluding ortho intramolecular Hbond substituents is 1. The lowest BCUT2D eigenvalue weighted by molar-refractivity contribution is -0.0306. The smallest absolute Gasteiger partial charge is 0.412 e. The van der Waals surface area contributed by atoms with Gasteiger partial charge in [0.1, 0.15) is 11.9 Å². The number of phenols is 1. The van der Waals surface area contributed by atoms with E-state index in [4.69, 9.17) is 9.47 Å². The monoisotopic (exact) mass is 373 g/mol. The van der Waals surface area contributed by atoms with Gasteiger partial charge in [-0.15, -0.1) is 0 Å². The summed E-state index contributed by atoms with van der Waals surface area (Å²) in [7, 11) is 1.47. The molecule has 0 aliphatic rings. The van der Waals surface area contributed by atoms with Crippen molar-refractivity contribution in [2.45, 2.75) is 25.6 Å². The van der Waals surface area contributed by atoms with E-state index in [1.165, 1.54) is 26.2 Å². The predicted molar refractivity (Wildman–Crippen MR) is 99.9 cm³/mol. The number of ketones is 1. The number of ether oxygens (including phenoxy) is 2. The number of carbonyl (C=O) groups excluding carboxylic acids is 2. The number of hydrogen-bond donors (Lipinski definition) is 3. The van der Waals surface area contributed by atoms with Crippen LogP contribution in [0.15, 0.2) is 48.5 Å². The minimum atomic E-state index is -0.778. The Labute approximate surface area is 157 Å². The molecule has 2 atom stereocenters. The fraction of sp³-hybridized carbons (Fsp3) is 0.300. The number of anilines is 1. The van der Waals surface area contributed by atoms with Gasteiger partial charge in [-0.2, -0.15) is 0 Å². The zero-order chi connectivity index (χ0) is 19.8. The van der Waals surface area contributed by atoms with Crippen LogP contribution in [-0.4, -0.2) is 41.9 Å². The molecule has 0 fully saturated rings. The van der Waals surface area contributed by atoms with Crippen molar-refractivity contribution in [3.05, 3.63) is 59.7 Å². The fourth-order valence-corrected chi connectivity index (χ4v) is 2.59. The van der Waals surface area contributed by atoms with Gasteiger partial charge in [0.15, 0.2) is 11.9 Å². The van der Waals surface area contributed by atoms with Gasteiger partial charge in [0.25, 0.3) is 0 Å². The van der Waals surface area contributed by atoms with Crippen LogP contribution >= 0.6 is 0 Å². The third-order valence-electron chi connectivity index (χ3n) is 4.05. The first-order valence-corrected chi connectivity index (χ1v) is 8.45. The van der Waals surface area contributed by atoms with E-state index in [-0.39, 0.29) is 24.6 Å². The number of methoxy groups -OCH3 is 1. The van der Waals surface area contributed by atoms with E-state index in [1.54, 1.807) is 36.4 Å². The number of rotatable bonds is 8. The van der Waals surface area contributed by atoms with Crippen LogP contribution in [0, 0.1) is 0 Å². The Bertz CT molecular complexity index is 757. The van der Waals surface area contributed by atoms with Gasteiger partial charge in [-0.1, -0.05) is 12.1 Å². The van der Waals surface area contributed by atoms with Gasteiger partial charge in [-0.05, 0) is 48.9 Å². The van der Waals surface area contributed by atoms with E-state index in [9.17, 15) is 19.8 Å². The number of aromatic hydroxyl groups is 1. The predicted octanol–water partition coefficient (Wildman–Crippen LogP) is 3.28. The number of benzene rings is 2. The molecule has 144 valence electrons. The van der Waals surface area contributed by atoms with Crippen LogP contribution in [0.25, 0.3) is 0 Å². The average molecular weight is 373 g/mol. The largest absolute Gasteiger partial charge is 0.508 e. The number of carbonyl (C=O) groups is 2. The van der Waals surface area contributed by atoms with E-state index < -0.39 is 18.3 Å². The quantitative estimate of drug-likeness (QED) is 0.613. The van der Waals surface area contributed by atoms with Crippen molar-refractivity contribution in [1.82, 2.24) is 0 Å². The molecule has 27 heavy (non-hydrogen) atoms. The van der Waals surface area contributed by atoms with Gasteiger partial charge >= 0.3 is 6.09 Å². The molecule has 1 amide bonds. The lowest BCUT2D eigenvalue weighted by atomic mass is 10.0. The molecular weight excluding hydrogens is 350 g/mol. The van der Waals surface area contributed by atoms with Crippen molar-refractivity contribution >= 4 is 17.6 Å². The summed E-state index contributed by atoms with van der Waals surface area (Å²) in [6.45, 7) is 1.33. The van der Waals surface area contributed by atoms with Gasteiger partial charge in [0.05, 0.1) is 0 Å². The number of aliphatic hydroxyl groups excluding tert-OH is 1. The van der Waals surface area contributed by atoms with Gasteiger partial charge in [0, 0.05) is 31.4 Å². The van der Waals surface area contributed by atoms with E-state index in [0.717, 1.165) is 0 Å². The molecule has 0 unspecified atom stereocenters. The molecule has 0 spiro atoms. The Balaban J connectivity index is 2.14. The van der Waals surface area contributed by atoms with Gasteiger partial charge in [0.2, 0.25) is 0 Å². The second-order valence-corrected chi connectivity index (χ2v) is 5.96. The molecule has 7 nitrogen and oxygen atoms in total. The minimum absolute atomic E-state index is 0.0662. The number of hydrogen-bond acceptors (Lipinski definition) is 6. The lowest BCUT2D eigenvalue weighted by Gasteiger charge is -2.26. The average Bonchev–Trinajstić information content (AvgIpc) is 2.65. The molecular formula is C20H23NO6. The molecule has 3 N–H and O–H groups in total. The van der Waals surface area contributed by atoms with Crippen LogP contribution in [0.4, 0.5) is 10.5 Å². The Morgan fingerprint density at radius 2 is 1.70 bits per heavy atom. The third kappa shape index (κ3) is 5.80. The molecule has 2 rings (SSSR count).